The molecule has 2 aromatic rings. The molecule has 5 heteroatoms. The zero-order chi connectivity index (χ0) is 16.7. The molecule has 0 aliphatic rings. The molecule has 0 bridgehead atoms. The summed E-state index contributed by atoms with van der Waals surface area (Å²) >= 11 is 0. The minimum absolute atomic E-state index is 0.112. The minimum atomic E-state index is -0.290. The maximum Gasteiger partial charge on any atom is 0.319 e. The first kappa shape index (κ1) is 16.5. The third-order valence-corrected chi connectivity index (χ3v) is 3.35. The van der Waals surface area contributed by atoms with E-state index in [-0.39, 0.29) is 11.9 Å². The van der Waals surface area contributed by atoms with Crippen LogP contribution in [0.25, 0.3) is 11.1 Å². The van der Waals surface area contributed by atoms with E-state index in [1.54, 1.807) is 0 Å². The van der Waals surface area contributed by atoms with Crippen molar-refractivity contribution in [2.75, 3.05) is 18.4 Å². The number of urea groups is 1. The van der Waals surface area contributed by atoms with Crippen LogP contribution < -0.4 is 16.0 Å². The lowest BCUT2D eigenvalue weighted by molar-refractivity contribution is -0.118. The number of rotatable bonds is 5. The van der Waals surface area contributed by atoms with Crippen LogP contribution in [-0.2, 0) is 4.79 Å². The number of amides is 3. The van der Waals surface area contributed by atoms with Gasteiger partial charge in [0.05, 0.1) is 0 Å². The molecule has 3 N–H and O–H groups in total. The molecule has 0 saturated heterocycles. The fourth-order valence-electron chi connectivity index (χ4n) is 2.27. The van der Waals surface area contributed by atoms with Crippen molar-refractivity contribution in [3.8, 4) is 11.1 Å². The molecular formula is C18H21N3O2. The van der Waals surface area contributed by atoms with E-state index in [1.165, 1.54) is 6.92 Å². The molecule has 0 spiro atoms. The van der Waals surface area contributed by atoms with Gasteiger partial charge in [-0.05, 0) is 35.7 Å². The van der Waals surface area contributed by atoms with Crippen molar-refractivity contribution in [1.29, 1.82) is 0 Å². The molecule has 0 aliphatic heterocycles. The standard InChI is InChI=1S/C18H21N3O2/c1-13-12-16(21-18(23)20-11-10-19-14(2)22)8-9-17(13)15-6-4-3-5-7-15/h3-9,12H,10-11H2,1-2H3,(H,19,22)(H2,20,21,23). The normalized spacial score (nSPS) is 10.0. The maximum atomic E-state index is 11.8. The van der Waals surface area contributed by atoms with Crippen LogP contribution in [-0.4, -0.2) is 25.0 Å². The summed E-state index contributed by atoms with van der Waals surface area (Å²) in [5.41, 5.74) is 4.12. The lowest BCUT2D eigenvalue weighted by atomic mass is 10.0. The van der Waals surface area contributed by atoms with Crippen LogP contribution in [0.3, 0.4) is 0 Å². The molecule has 3 amide bonds. The second-order valence-corrected chi connectivity index (χ2v) is 5.26. The van der Waals surface area contributed by atoms with Gasteiger partial charge in [-0.3, -0.25) is 4.79 Å². The van der Waals surface area contributed by atoms with Gasteiger partial charge in [0.15, 0.2) is 0 Å². The van der Waals surface area contributed by atoms with Gasteiger partial charge < -0.3 is 16.0 Å². The minimum Gasteiger partial charge on any atom is -0.355 e. The van der Waals surface area contributed by atoms with Crippen LogP contribution in [0, 0.1) is 6.92 Å². The number of aryl methyl sites for hydroxylation is 1. The molecular weight excluding hydrogens is 290 g/mol. The van der Waals surface area contributed by atoms with E-state index in [0.717, 1.165) is 22.4 Å². The van der Waals surface area contributed by atoms with Crippen molar-refractivity contribution < 1.29 is 9.59 Å². The molecule has 0 aliphatic carbocycles. The van der Waals surface area contributed by atoms with Crippen LogP contribution in [0.15, 0.2) is 48.5 Å². The fourth-order valence-corrected chi connectivity index (χ4v) is 2.27. The van der Waals surface area contributed by atoms with Crippen molar-refractivity contribution >= 4 is 17.6 Å². The average Bonchev–Trinajstić information content (AvgIpc) is 2.52. The SMILES string of the molecule is CC(=O)NCCNC(=O)Nc1ccc(-c2ccccc2)c(C)c1. The summed E-state index contributed by atoms with van der Waals surface area (Å²) in [6.07, 6.45) is 0. The Labute approximate surface area is 136 Å². The van der Waals surface area contributed by atoms with Crippen LogP contribution in [0.4, 0.5) is 10.5 Å². The number of hydrogen-bond acceptors (Lipinski definition) is 2. The Morgan fingerprint density at radius 1 is 0.957 bits per heavy atom. The molecule has 5 nitrogen and oxygen atoms in total. The number of anilines is 1. The van der Waals surface area contributed by atoms with Crippen molar-refractivity contribution in [3.05, 3.63) is 54.1 Å². The highest BCUT2D eigenvalue weighted by atomic mass is 16.2. The van der Waals surface area contributed by atoms with Crippen LogP contribution in [0.1, 0.15) is 12.5 Å². The topological polar surface area (TPSA) is 70.2 Å². The predicted octanol–water partition coefficient (Wildman–Crippen LogP) is 2.92. The lowest BCUT2D eigenvalue weighted by Crippen LogP contribution is -2.36. The third kappa shape index (κ3) is 5.14. The molecule has 0 aromatic heterocycles. The average molecular weight is 311 g/mol. The van der Waals surface area contributed by atoms with E-state index in [2.05, 4.69) is 28.1 Å². The molecule has 0 unspecified atom stereocenters. The van der Waals surface area contributed by atoms with Gasteiger partial charge in [-0.15, -0.1) is 0 Å². The predicted molar refractivity (Wildman–Crippen MR) is 92.3 cm³/mol. The van der Waals surface area contributed by atoms with Crippen molar-refractivity contribution in [1.82, 2.24) is 10.6 Å². The second-order valence-electron chi connectivity index (χ2n) is 5.26. The first-order valence-corrected chi connectivity index (χ1v) is 7.51. The molecule has 0 saturated carbocycles. The number of benzene rings is 2. The van der Waals surface area contributed by atoms with E-state index >= 15 is 0 Å². The molecule has 120 valence electrons. The van der Waals surface area contributed by atoms with Crippen LogP contribution in [0.5, 0.6) is 0 Å². The van der Waals surface area contributed by atoms with Crippen LogP contribution >= 0.6 is 0 Å². The summed E-state index contributed by atoms with van der Waals surface area (Å²) in [4.78, 5) is 22.5. The largest absolute Gasteiger partial charge is 0.355 e. The maximum absolute atomic E-state index is 11.8. The Morgan fingerprint density at radius 3 is 2.30 bits per heavy atom. The summed E-state index contributed by atoms with van der Waals surface area (Å²) in [6.45, 7) is 4.25. The summed E-state index contributed by atoms with van der Waals surface area (Å²) in [7, 11) is 0. The van der Waals surface area contributed by atoms with Crippen molar-refractivity contribution in [2.24, 2.45) is 0 Å². The van der Waals surface area contributed by atoms with Gasteiger partial charge in [-0.1, -0.05) is 36.4 Å². The van der Waals surface area contributed by atoms with E-state index in [1.807, 2.05) is 43.3 Å². The van der Waals surface area contributed by atoms with Gasteiger partial charge in [-0.2, -0.15) is 0 Å². The van der Waals surface area contributed by atoms with E-state index in [9.17, 15) is 9.59 Å². The molecule has 2 rings (SSSR count). The summed E-state index contributed by atoms with van der Waals surface area (Å²) < 4.78 is 0. The number of carbonyl (C=O) groups is 2. The molecule has 0 heterocycles. The van der Waals surface area contributed by atoms with Crippen molar-refractivity contribution in [2.45, 2.75) is 13.8 Å². The highest BCUT2D eigenvalue weighted by molar-refractivity contribution is 5.90. The van der Waals surface area contributed by atoms with Gasteiger partial charge >= 0.3 is 6.03 Å². The van der Waals surface area contributed by atoms with Gasteiger partial charge in [0.1, 0.15) is 0 Å². The molecule has 2 aromatic carbocycles. The first-order chi connectivity index (χ1) is 11.1. The number of nitrogens with one attached hydrogen (secondary N) is 3. The van der Waals surface area contributed by atoms with E-state index in [0.29, 0.717) is 13.1 Å². The van der Waals surface area contributed by atoms with E-state index in [4.69, 9.17) is 0 Å². The lowest BCUT2D eigenvalue weighted by Gasteiger charge is -2.11. The Morgan fingerprint density at radius 2 is 1.65 bits per heavy atom. The first-order valence-electron chi connectivity index (χ1n) is 7.51. The summed E-state index contributed by atoms with van der Waals surface area (Å²) in [6, 6.07) is 15.6. The summed E-state index contributed by atoms with van der Waals surface area (Å²) in [5.74, 6) is -0.112. The highest BCUT2D eigenvalue weighted by Crippen LogP contribution is 2.25. The Balaban J connectivity index is 1.93. The van der Waals surface area contributed by atoms with Gasteiger partial charge in [0, 0.05) is 25.7 Å². The zero-order valence-corrected chi connectivity index (χ0v) is 13.3. The number of carbonyl (C=O) groups excluding carboxylic acids is 2. The highest BCUT2D eigenvalue weighted by Gasteiger charge is 2.05. The van der Waals surface area contributed by atoms with E-state index < -0.39 is 0 Å². The Kier molecular flexibility index (Phi) is 5.74. The molecule has 0 fully saturated rings. The quantitative estimate of drug-likeness (QED) is 0.743. The fraction of sp³-hybridized carbons (Fsp3) is 0.222. The monoisotopic (exact) mass is 311 g/mol. The molecule has 0 radical (unpaired) electrons. The van der Waals surface area contributed by atoms with Gasteiger partial charge in [0.25, 0.3) is 0 Å². The second kappa shape index (κ2) is 7.98. The summed E-state index contributed by atoms with van der Waals surface area (Å²) in [5, 5.41) is 8.09. The van der Waals surface area contributed by atoms with Gasteiger partial charge in [-0.25, -0.2) is 4.79 Å². The number of hydrogen-bond donors (Lipinski definition) is 3. The van der Waals surface area contributed by atoms with Gasteiger partial charge in [0.2, 0.25) is 5.91 Å². The Hall–Kier alpha value is -2.82. The van der Waals surface area contributed by atoms with Crippen molar-refractivity contribution in [3.63, 3.8) is 0 Å². The zero-order valence-electron chi connectivity index (χ0n) is 13.3. The smallest absolute Gasteiger partial charge is 0.319 e. The Bertz CT molecular complexity index is 684. The third-order valence-electron chi connectivity index (χ3n) is 3.35. The van der Waals surface area contributed by atoms with Crippen LogP contribution in [0.2, 0.25) is 0 Å². The molecule has 0 atom stereocenters. The molecule has 23 heavy (non-hydrogen) atoms.